The van der Waals surface area contributed by atoms with Crippen LogP contribution in [0.5, 0.6) is 0 Å². The van der Waals surface area contributed by atoms with Crippen LogP contribution in [0.2, 0.25) is 0 Å². The van der Waals surface area contributed by atoms with Crippen molar-refractivity contribution < 1.29 is 10.2 Å². The molecule has 5 atom stereocenters. The zero-order valence-electron chi connectivity index (χ0n) is 18.6. The molecule has 0 amide bonds. The second kappa shape index (κ2) is 7.61. The number of fused-ring (bicyclic) bond motifs is 2. The number of hydrogen-bond acceptors (Lipinski definition) is 8. The molecule has 1 aromatic carbocycles. The summed E-state index contributed by atoms with van der Waals surface area (Å²) >= 11 is 3.44. The number of anilines is 2. The molecular formula is C24H26BrN7O2. The fourth-order valence-corrected chi connectivity index (χ4v) is 6.41. The third-order valence-electron chi connectivity index (χ3n) is 7.76. The number of aliphatic hydroxyl groups excluding tert-OH is 2. The van der Waals surface area contributed by atoms with Crippen LogP contribution < -0.4 is 11.5 Å². The second-order valence-electron chi connectivity index (χ2n) is 9.73. The van der Waals surface area contributed by atoms with Gasteiger partial charge in [-0.15, -0.1) is 0 Å². The number of pyridine rings is 1. The first-order chi connectivity index (χ1) is 16.3. The van der Waals surface area contributed by atoms with E-state index in [0.717, 1.165) is 32.7 Å². The molecule has 2 aliphatic rings. The Bertz CT molecular complexity index is 1430. The highest BCUT2D eigenvalue weighted by Crippen LogP contribution is 2.55. The largest absolute Gasteiger partial charge is 0.390 e. The Kier molecular flexibility index (Phi) is 4.86. The van der Waals surface area contributed by atoms with E-state index >= 15 is 0 Å². The number of likely N-dealkylation sites (tertiary alicyclic amines) is 1. The Morgan fingerprint density at radius 3 is 2.74 bits per heavy atom. The summed E-state index contributed by atoms with van der Waals surface area (Å²) in [6, 6.07) is 9.87. The van der Waals surface area contributed by atoms with Gasteiger partial charge in [0, 0.05) is 29.6 Å². The van der Waals surface area contributed by atoms with Gasteiger partial charge in [0.1, 0.15) is 29.7 Å². The highest BCUT2D eigenvalue weighted by atomic mass is 79.9. The number of nitrogens with zero attached hydrogens (tertiary/aromatic N) is 5. The summed E-state index contributed by atoms with van der Waals surface area (Å²) in [6.45, 7) is 0.677. The van der Waals surface area contributed by atoms with Crippen LogP contribution in [-0.4, -0.2) is 60.4 Å². The average molecular weight is 524 g/mol. The quantitative estimate of drug-likeness (QED) is 0.314. The molecule has 4 heterocycles. The van der Waals surface area contributed by atoms with Gasteiger partial charge in [-0.2, -0.15) is 0 Å². The van der Waals surface area contributed by atoms with Crippen LogP contribution in [0.1, 0.15) is 30.5 Å². The highest BCUT2D eigenvalue weighted by molar-refractivity contribution is 9.10. The third kappa shape index (κ3) is 3.13. The predicted octanol–water partition coefficient (Wildman–Crippen LogP) is 2.64. The van der Waals surface area contributed by atoms with E-state index in [1.807, 2.05) is 22.9 Å². The second-order valence-corrected chi connectivity index (χ2v) is 10.6. The van der Waals surface area contributed by atoms with Gasteiger partial charge in [0.05, 0.1) is 27.5 Å². The Morgan fingerprint density at radius 2 is 1.91 bits per heavy atom. The van der Waals surface area contributed by atoms with E-state index in [4.69, 9.17) is 11.5 Å². The lowest BCUT2D eigenvalue weighted by molar-refractivity contribution is -0.0238. The summed E-state index contributed by atoms with van der Waals surface area (Å²) < 4.78 is 2.72. The molecular weight excluding hydrogens is 498 g/mol. The minimum absolute atomic E-state index is 0.0936. The Morgan fingerprint density at radius 1 is 1.09 bits per heavy atom. The Hall–Kier alpha value is -2.79. The van der Waals surface area contributed by atoms with Crippen molar-refractivity contribution in [1.82, 2.24) is 24.4 Å². The topological polar surface area (TPSA) is 139 Å². The summed E-state index contributed by atoms with van der Waals surface area (Å²) in [6.07, 6.45) is 2.91. The van der Waals surface area contributed by atoms with Crippen molar-refractivity contribution in [3.63, 3.8) is 0 Å². The monoisotopic (exact) mass is 523 g/mol. The molecule has 1 aliphatic heterocycles. The van der Waals surface area contributed by atoms with Gasteiger partial charge < -0.3 is 26.2 Å². The molecule has 6 rings (SSSR count). The third-order valence-corrected chi connectivity index (χ3v) is 8.40. The number of nitrogen functional groups attached to an aromatic ring is 2. The van der Waals surface area contributed by atoms with Crippen LogP contribution in [0, 0.1) is 5.41 Å². The first-order valence-corrected chi connectivity index (χ1v) is 12.1. The molecule has 0 bridgehead atoms. The van der Waals surface area contributed by atoms with Gasteiger partial charge in [-0.3, -0.25) is 4.90 Å². The van der Waals surface area contributed by atoms with Gasteiger partial charge in [-0.1, -0.05) is 12.1 Å². The first-order valence-electron chi connectivity index (χ1n) is 11.3. The molecule has 3 aromatic heterocycles. The molecule has 6 N–H and O–H groups in total. The minimum atomic E-state index is -0.908. The molecule has 1 aliphatic carbocycles. The number of aromatic nitrogens is 4. The lowest BCUT2D eigenvalue weighted by atomic mass is 9.80. The van der Waals surface area contributed by atoms with Gasteiger partial charge in [0.25, 0.3) is 0 Å². The maximum atomic E-state index is 11.3. The van der Waals surface area contributed by atoms with Crippen molar-refractivity contribution >= 4 is 49.5 Å². The van der Waals surface area contributed by atoms with Gasteiger partial charge >= 0.3 is 0 Å². The highest BCUT2D eigenvalue weighted by Gasteiger charge is 2.58. The van der Waals surface area contributed by atoms with E-state index in [1.165, 1.54) is 6.33 Å². The van der Waals surface area contributed by atoms with Crippen molar-refractivity contribution in [2.45, 2.75) is 37.1 Å². The molecule has 176 valence electrons. The smallest absolute Gasteiger partial charge is 0.145 e. The number of nitrogens with two attached hydrogens (primary N) is 2. The van der Waals surface area contributed by atoms with Crippen molar-refractivity contribution in [3.05, 3.63) is 52.9 Å². The molecule has 2 fully saturated rings. The van der Waals surface area contributed by atoms with Crippen molar-refractivity contribution in [2.24, 2.45) is 5.41 Å². The number of rotatable bonds is 2. The lowest BCUT2D eigenvalue weighted by Crippen LogP contribution is -2.38. The van der Waals surface area contributed by atoms with Gasteiger partial charge in [-0.05, 0) is 59.6 Å². The van der Waals surface area contributed by atoms with Crippen LogP contribution in [0.4, 0.5) is 11.6 Å². The molecule has 1 saturated carbocycles. The van der Waals surface area contributed by atoms with E-state index < -0.39 is 17.6 Å². The van der Waals surface area contributed by atoms with Crippen molar-refractivity contribution in [1.29, 1.82) is 0 Å². The van der Waals surface area contributed by atoms with E-state index in [0.29, 0.717) is 30.2 Å². The van der Waals surface area contributed by atoms with Gasteiger partial charge in [0.15, 0.2) is 0 Å². The van der Waals surface area contributed by atoms with Crippen molar-refractivity contribution in [2.75, 3.05) is 25.1 Å². The van der Waals surface area contributed by atoms with Crippen molar-refractivity contribution in [3.8, 4) is 0 Å². The van der Waals surface area contributed by atoms with Crippen LogP contribution in [-0.2, 0) is 0 Å². The van der Waals surface area contributed by atoms with Crippen LogP contribution in [0.3, 0.4) is 0 Å². The molecule has 10 heteroatoms. The zero-order chi connectivity index (χ0) is 23.8. The maximum Gasteiger partial charge on any atom is 0.145 e. The predicted molar refractivity (Wildman–Crippen MR) is 134 cm³/mol. The molecule has 4 aromatic rings. The number of aliphatic hydroxyl groups is 2. The number of halogens is 1. The van der Waals surface area contributed by atoms with Gasteiger partial charge in [-0.25, -0.2) is 15.0 Å². The summed E-state index contributed by atoms with van der Waals surface area (Å²) in [5.74, 6) is 0.867. The van der Waals surface area contributed by atoms with E-state index in [1.54, 1.807) is 0 Å². The Labute approximate surface area is 204 Å². The number of benzene rings is 1. The van der Waals surface area contributed by atoms with Crippen LogP contribution in [0.25, 0.3) is 21.9 Å². The minimum Gasteiger partial charge on any atom is -0.390 e. The van der Waals surface area contributed by atoms with E-state index in [-0.39, 0.29) is 12.1 Å². The summed E-state index contributed by atoms with van der Waals surface area (Å²) in [5, 5.41) is 24.2. The molecule has 5 unspecified atom stereocenters. The molecule has 34 heavy (non-hydrogen) atoms. The molecule has 0 radical (unpaired) electrons. The SMILES string of the molecule is CN1CC2(CC1c1ccc3cc(Br)c(N)nc3c1)CC(n1ccc3c(N)ncnc31)C(O)C2O. The fraction of sp³-hybridized carbons (Fsp3) is 0.375. The van der Waals surface area contributed by atoms with Crippen LogP contribution >= 0.6 is 15.9 Å². The molecule has 1 spiro atoms. The summed E-state index contributed by atoms with van der Waals surface area (Å²) in [5.41, 5.74) is 14.2. The van der Waals surface area contributed by atoms with E-state index in [9.17, 15) is 10.2 Å². The first kappa shape index (κ1) is 21.7. The Balaban J connectivity index is 1.33. The average Bonchev–Trinajstić information content (AvgIpc) is 3.45. The standard InChI is InChI=1S/C24H26BrN7O2/c1-31-10-24(8-17(31)13-3-2-12-6-15(25)22(27)30-16(12)7-13)9-18(19(33)20(24)34)32-5-4-14-21(26)28-11-29-23(14)32/h2-7,11,17-20,33-34H,8-10H2,1H3,(H2,27,30)(H2,26,28,29). The van der Waals surface area contributed by atoms with Crippen LogP contribution in [0.15, 0.2) is 47.3 Å². The lowest BCUT2D eigenvalue weighted by Gasteiger charge is -2.27. The summed E-state index contributed by atoms with van der Waals surface area (Å²) in [7, 11) is 2.07. The normalized spacial score (nSPS) is 29.6. The zero-order valence-corrected chi connectivity index (χ0v) is 20.2. The fourth-order valence-electron chi connectivity index (χ4n) is 6.08. The van der Waals surface area contributed by atoms with E-state index in [2.05, 4.69) is 61.0 Å². The molecule has 9 nitrogen and oxygen atoms in total. The maximum absolute atomic E-state index is 11.3. The summed E-state index contributed by atoms with van der Waals surface area (Å²) in [4.78, 5) is 15.2. The van der Waals surface area contributed by atoms with Gasteiger partial charge in [0.2, 0.25) is 0 Å². The number of hydrogen-bond donors (Lipinski definition) is 4. The molecule has 1 saturated heterocycles.